The summed E-state index contributed by atoms with van der Waals surface area (Å²) in [7, 11) is 0. The number of rotatable bonds is 4. The lowest BCUT2D eigenvalue weighted by Gasteiger charge is -2.16. The van der Waals surface area contributed by atoms with Gasteiger partial charge >= 0.3 is 5.97 Å². The van der Waals surface area contributed by atoms with Crippen LogP contribution in [-0.4, -0.2) is 23.5 Å². The molecule has 3 rings (SSSR count). The summed E-state index contributed by atoms with van der Waals surface area (Å²) >= 11 is 0. The highest BCUT2D eigenvalue weighted by molar-refractivity contribution is 6.07. The number of anilines is 1. The summed E-state index contributed by atoms with van der Waals surface area (Å²) in [6.07, 6.45) is 0.344. The van der Waals surface area contributed by atoms with E-state index in [0.29, 0.717) is 24.4 Å². The number of ether oxygens (including phenoxy) is 1. The molecule has 0 aliphatic carbocycles. The lowest BCUT2D eigenvalue weighted by atomic mass is 10.1. The number of carbonyl (C=O) groups is 2. The van der Waals surface area contributed by atoms with E-state index in [9.17, 15) is 9.59 Å². The van der Waals surface area contributed by atoms with Crippen molar-refractivity contribution in [3.8, 4) is 11.5 Å². The minimum Gasteiger partial charge on any atom is -0.481 e. The Morgan fingerprint density at radius 1 is 1.05 bits per heavy atom. The number of para-hydroxylation sites is 1. The van der Waals surface area contributed by atoms with Gasteiger partial charge in [0.15, 0.2) is 0 Å². The van der Waals surface area contributed by atoms with Gasteiger partial charge in [0.2, 0.25) is 5.91 Å². The van der Waals surface area contributed by atoms with Gasteiger partial charge in [-0.2, -0.15) is 0 Å². The molecule has 0 saturated carbocycles. The first kappa shape index (κ1) is 14.1. The van der Waals surface area contributed by atoms with E-state index in [1.165, 1.54) is 4.90 Å². The first-order chi connectivity index (χ1) is 10.6. The normalized spacial score (nSPS) is 17.5. The summed E-state index contributed by atoms with van der Waals surface area (Å²) in [6, 6.07) is 16.5. The van der Waals surface area contributed by atoms with E-state index in [1.807, 2.05) is 30.3 Å². The number of hydrogen-bond donors (Lipinski definition) is 1. The number of nitrogens with zero attached hydrogens (tertiary/aromatic N) is 1. The molecule has 0 spiro atoms. The van der Waals surface area contributed by atoms with Gasteiger partial charge in [-0.25, -0.2) is 0 Å². The number of carboxylic acids is 1. The van der Waals surface area contributed by atoms with Gasteiger partial charge in [-0.3, -0.25) is 9.59 Å². The molecule has 0 aromatic heterocycles. The fourth-order valence-corrected chi connectivity index (χ4v) is 2.48. The summed E-state index contributed by atoms with van der Waals surface area (Å²) < 4.78 is 5.68. The smallest absolute Gasteiger partial charge is 0.316 e. The van der Waals surface area contributed by atoms with Gasteiger partial charge in [0.25, 0.3) is 0 Å². The molecule has 1 amide bonds. The highest BCUT2D eigenvalue weighted by Crippen LogP contribution is 2.28. The molecule has 1 fully saturated rings. The Kier molecular flexibility index (Phi) is 3.78. The van der Waals surface area contributed by atoms with Crippen LogP contribution in [0.5, 0.6) is 11.5 Å². The first-order valence-corrected chi connectivity index (χ1v) is 7.02. The fraction of sp³-hybridized carbons (Fsp3) is 0.176. The van der Waals surface area contributed by atoms with E-state index in [4.69, 9.17) is 9.84 Å². The number of carbonyl (C=O) groups excluding carboxylic acids is 1. The van der Waals surface area contributed by atoms with Crippen LogP contribution >= 0.6 is 0 Å². The molecule has 2 aromatic rings. The zero-order valence-corrected chi connectivity index (χ0v) is 11.8. The Balaban J connectivity index is 1.72. The molecule has 5 heteroatoms. The second-order valence-corrected chi connectivity index (χ2v) is 5.08. The molecule has 1 N–H and O–H groups in total. The quantitative estimate of drug-likeness (QED) is 0.881. The number of amides is 1. The molecule has 1 atom stereocenters. The molecule has 5 nitrogen and oxygen atoms in total. The van der Waals surface area contributed by atoms with Crippen molar-refractivity contribution in [2.45, 2.75) is 6.42 Å². The Morgan fingerprint density at radius 2 is 1.68 bits per heavy atom. The number of aliphatic carboxylic acids is 1. The van der Waals surface area contributed by atoms with E-state index >= 15 is 0 Å². The Morgan fingerprint density at radius 3 is 2.27 bits per heavy atom. The van der Waals surface area contributed by atoms with Crippen LogP contribution in [0.4, 0.5) is 5.69 Å². The standard InChI is InChI=1S/C17H15NO4/c19-16-15(17(20)21)10-11-18(16)12-6-8-14(9-7-12)22-13-4-2-1-3-5-13/h1-9,15H,10-11H2,(H,20,21)/t15-/m0/s1. The molecular weight excluding hydrogens is 282 g/mol. The van der Waals surface area contributed by atoms with Crippen LogP contribution in [-0.2, 0) is 9.59 Å². The Hall–Kier alpha value is -2.82. The zero-order chi connectivity index (χ0) is 15.5. The van der Waals surface area contributed by atoms with Gasteiger partial charge in [0.05, 0.1) is 0 Å². The summed E-state index contributed by atoms with van der Waals surface area (Å²) in [6.45, 7) is 0.425. The van der Waals surface area contributed by atoms with Crippen LogP contribution in [0.1, 0.15) is 6.42 Å². The third-order valence-electron chi connectivity index (χ3n) is 3.63. The van der Waals surface area contributed by atoms with Crippen LogP contribution in [0.25, 0.3) is 0 Å². The van der Waals surface area contributed by atoms with Gasteiger partial charge < -0.3 is 14.7 Å². The van der Waals surface area contributed by atoms with E-state index < -0.39 is 11.9 Å². The Bertz CT molecular complexity index is 682. The largest absolute Gasteiger partial charge is 0.481 e. The van der Waals surface area contributed by atoms with Crippen molar-refractivity contribution in [1.29, 1.82) is 0 Å². The van der Waals surface area contributed by atoms with Crippen LogP contribution in [0.3, 0.4) is 0 Å². The third kappa shape index (κ3) is 2.79. The molecule has 1 saturated heterocycles. The van der Waals surface area contributed by atoms with E-state index in [1.54, 1.807) is 24.3 Å². The predicted octanol–water partition coefficient (Wildman–Crippen LogP) is 2.92. The third-order valence-corrected chi connectivity index (χ3v) is 3.63. The van der Waals surface area contributed by atoms with Crippen molar-refractivity contribution in [3.63, 3.8) is 0 Å². The number of hydrogen-bond acceptors (Lipinski definition) is 3. The van der Waals surface area contributed by atoms with Crippen molar-refractivity contribution < 1.29 is 19.4 Å². The van der Waals surface area contributed by atoms with Gasteiger partial charge in [0, 0.05) is 12.2 Å². The molecule has 1 aliphatic heterocycles. The van der Waals surface area contributed by atoms with E-state index in [0.717, 1.165) is 5.75 Å². The summed E-state index contributed by atoms with van der Waals surface area (Å²) in [5, 5.41) is 8.99. The Labute approximate surface area is 127 Å². The molecular formula is C17H15NO4. The van der Waals surface area contributed by atoms with Crippen LogP contribution in [0.15, 0.2) is 54.6 Å². The summed E-state index contributed by atoms with van der Waals surface area (Å²) in [5.41, 5.74) is 0.689. The second-order valence-electron chi connectivity index (χ2n) is 5.08. The second kappa shape index (κ2) is 5.89. The lowest BCUT2D eigenvalue weighted by Crippen LogP contribution is -2.29. The molecule has 0 radical (unpaired) electrons. The molecule has 0 unspecified atom stereocenters. The van der Waals surface area contributed by atoms with Gasteiger partial charge in [-0.05, 0) is 42.8 Å². The van der Waals surface area contributed by atoms with Gasteiger partial charge in [-0.15, -0.1) is 0 Å². The predicted molar refractivity (Wildman–Crippen MR) is 81.1 cm³/mol. The van der Waals surface area contributed by atoms with E-state index in [2.05, 4.69) is 0 Å². The SMILES string of the molecule is O=C(O)[C@H]1CCN(c2ccc(Oc3ccccc3)cc2)C1=O. The maximum Gasteiger partial charge on any atom is 0.316 e. The van der Waals surface area contributed by atoms with Crippen molar-refractivity contribution in [3.05, 3.63) is 54.6 Å². The molecule has 1 heterocycles. The minimum atomic E-state index is -1.06. The average molecular weight is 297 g/mol. The van der Waals surface area contributed by atoms with Crippen molar-refractivity contribution >= 4 is 17.6 Å². The molecule has 2 aromatic carbocycles. The zero-order valence-electron chi connectivity index (χ0n) is 11.8. The average Bonchev–Trinajstić information content (AvgIpc) is 2.91. The van der Waals surface area contributed by atoms with Gasteiger partial charge in [0.1, 0.15) is 17.4 Å². The summed E-state index contributed by atoms with van der Waals surface area (Å²) in [5.74, 6) is -0.948. The van der Waals surface area contributed by atoms with Crippen molar-refractivity contribution in [2.75, 3.05) is 11.4 Å². The lowest BCUT2D eigenvalue weighted by molar-refractivity contribution is -0.144. The topological polar surface area (TPSA) is 66.8 Å². The molecule has 112 valence electrons. The monoisotopic (exact) mass is 297 g/mol. The highest BCUT2D eigenvalue weighted by Gasteiger charge is 2.37. The molecule has 0 bridgehead atoms. The van der Waals surface area contributed by atoms with E-state index in [-0.39, 0.29) is 5.91 Å². The maximum atomic E-state index is 12.0. The number of benzene rings is 2. The van der Waals surface area contributed by atoms with Crippen LogP contribution in [0, 0.1) is 5.92 Å². The minimum absolute atomic E-state index is 0.344. The van der Waals surface area contributed by atoms with Gasteiger partial charge in [-0.1, -0.05) is 18.2 Å². The molecule has 22 heavy (non-hydrogen) atoms. The molecule has 1 aliphatic rings. The first-order valence-electron chi connectivity index (χ1n) is 7.02. The highest BCUT2D eigenvalue weighted by atomic mass is 16.5. The van der Waals surface area contributed by atoms with Crippen LogP contribution in [0.2, 0.25) is 0 Å². The van der Waals surface area contributed by atoms with Crippen molar-refractivity contribution in [2.24, 2.45) is 5.92 Å². The fourth-order valence-electron chi connectivity index (χ4n) is 2.48. The van der Waals surface area contributed by atoms with Crippen LogP contribution < -0.4 is 9.64 Å². The van der Waals surface area contributed by atoms with Crippen molar-refractivity contribution in [1.82, 2.24) is 0 Å². The maximum absolute atomic E-state index is 12.0. The summed E-state index contributed by atoms with van der Waals surface area (Å²) in [4.78, 5) is 24.5. The number of carboxylic acid groups (broad SMARTS) is 1.